The van der Waals surface area contributed by atoms with E-state index >= 15 is 0 Å². The van der Waals surface area contributed by atoms with Crippen molar-refractivity contribution < 1.29 is 23.5 Å². The summed E-state index contributed by atoms with van der Waals surface area (Å²) in [7, 11) is -3.90. The lowest BCUT2D eigenvalue weighted by Crippen LogP contribution is -2.41. The van der Waals surface area contributed by atoms with E-state index in [1.54, 1.807) is 37.3 Å². The molecule has 1 radical (unpaired) electrons. The van der Waals surface area contributed by atoms with E-state index in [-0.39, 0.29) is 6.61 Å². The Morgan fingerprint density at radius 3 is 2.71 bits per heavy atom. The Morgan fingerprint density at radius 1 is 1.42 bits per heavy atom. The van der Waals surface area contributed by atoms with E-state index in [4.69, 9.17) is 25.4 Å². The molecule has 0 aliphatic carbocycles. The number of H-pyrrole nitrogens is 1. The third-order valence-electron chi connectivity index (χ3n) is 4.24. The van der Waals surface area contributed by atoms with Crippen molar-refractivity contribution in [2.75, 3.05) is 6.61 Å². The van der Waals surface area contributed by atoms with Gasteiger partial charge in [0.15, 0.2) is 10.0 Å². The summed E-state index contributed by atoms with van der Waals surface area (Å²) in [6, 6.07) is 9.02. The fraction of sp³-hybridized carbons (Fsp3) is 0.389. The van der Waals surface area contributed by atoms with Crippen LogP contribution in [0.25, 0.3) is 0 Å². The van der Waals surface area contributed by atoms with Gasteiger partial charge >= 0.3 is 13.4 Å². The Kier molecular flexibility index (Phi) is 7.47. The first-order valence-electron chi connectivity index (χ1n) is 9.15. The minimum absolute atomic E-state index is 0.303. The molecule has 0 bridgehead atoms. The third kappa shape index (κ3) is 5.67. The summed E-state index contributed by atoms with van der Waals surface area (Å²) in [5.41, 5.74) is -1.37. The lowest BCUT2D eigenvalue weighted by molar-refractivity contribution is -0.0427. The zero-order valence-electron chi connectivity index (χ0n) is 16.3. The molecule has 1 unspecified atom stereocenters. The molecule has 0 spiro atoms. The summed E-state index contributed by atoms with van der Waals surface area (Å²) in [5.74, 6) is 0.303. The summed E-state index contributed by atoms with van der Waals surface area (Å²) in [6.07, 6.45) is -2.47. The van der Waals surface area contributed by atoms with E-state index in [9.17, 15) is 19.3 Å². The van der Waals surface area contributed by atoms with Crippen LogP contribution in [0, 0.1) is 6.92 Å². The van der Waals surface area contributed by atoms with Crippen molar-refractivity contribution in [3.05, 3.63) is 70.4 Å². The third-order valence-corrected chi connectivity index (χ3v) is 7.21. The SMILES string of the molecule is [CH2][C@@H](C)NP(=O)(OC[C@H]1O[C@@H](n2ccc(=O)[nH]c2=O)[C@](Cl)(Br)[C@@H]1O)Oc1ccccc1. The monoisotopic (exact) mass is 536 g/mol. The van der Waals surface area contributed by atoms with Crippen molar-refractivity contribution in [3.63, 3.8) is 0 Å². The Hall–Kier alpha value is -1.46. The fourth-order valence-corrected chi connectivity index (χ4v) is 5.25. The standard InChI is InChI=1S/C18H21BrClN3O7P/c1-11(2)22-31(27,30-12-6-4-3-5-7-12)28-10-13-15(25)18(19,20)16(29-13)23-9-8-14(24)21-17(23)26/h3-9,11,13,15-16,25H,1,10H2,2H3,(H,22,27)(H,21,24,26)/t11-,13+,15+,16+,18-,31?/m0/s1. The number of halogens is 2. The van der Waals surface area contributed by atoms with Gasteiger partial charge in [-0.3, -0.25) is 18.9 Å². The van der Waals surface area contributed by atoms with Gasteiger partial charge < -0.3 is 14.4 Å². The highest BCUT2D eigenvalue weighted by atomic mass is 79.9. The van der Waals surface area contributed by atoms with Crippen LogP contribution in [0.4, 0.5) is 0 Å². The lowest BCUT2D eigenvalue weighted by Gasteiger charge is -2.25. The molecule has 10 nitrogen and oxygen atoms in total. The second kappa shape index (κ2) is 9.58. The molecule has 13 heteroatoms. The molecule has 1 aliphatic rings. The summed E-state index contributed by atoms with van der Waals surface area (Å²) in [6.45, 7) is 5.00. The van der Waals surface area contributed by atoms with Gasteiger partial charge in [-0.1, -0.05) is 45.7 Å². The number of nitrogens with zero attached hydrogens (tertiary/aromatic N) is 1. The zero-order valence-corrected chi connectivity index (χ0v) is 19.5. The fourth-order valence-electron chi connectivity index (χ4n) is 2.87. The van der Waals surface area contributed by atoms with Crippen LogP contribution in [0.15, 0.2) is 52.2 Å². The van der Waals surface area contributed by atoms with E-state index in [0.29, 0.717) is 5.75 Å². The van der Waals surface area contributed by atoms with E-state index in [1.807, 2.05) is 0 Å². The molecule has 1 aromatic heterocycles. The summed E-state index contributed by atoms with van der Waals surface area (Å²) >= 11 is 9.57. The molecule has 0 saturated carbocycles. The first kappa shape index (κ1) is 24.2. The van der Waals surface area contributed by atoms with Crippen LogP contribution in [0.2, 0.25) is 0 Å². The number of rotatable bonds is 8. The second-order valence-electron chi connectivity index (χ2n) is 6.89. The van der Waals surface area contributed by atoms with Crippen LogP contribution in [0.5, 0.6) is 5.75 Å². The van der Waals surface area contributed by atoms with E-state index < -0.39 is 47.3 Å². The molecular formula is C18H21BrClN3O7P. The van der Waals surface area contributed by atoms with Gasteiger partial charge in [-0.15, -0.1) is 0 Å². The van der Waals surface area contributed by atoms with E-state index in [2.05, 4.69) is 32.9 Å². The Bertz CT molecular complexity index is 1060. The molecule has 2 heterocycles. The normalized spacial score (nSPS) is 27.9. The molecule has 2 aromatic rings. The van der Waals surface area contributed by atoms with Crippen molar-refractivity contribution in [2.24, 2.45) is 0 Å². The molecule has 1 aliphatic heterocycles. The highest BCUT2D eigenvalue weighted by Gasteiger charge is 2.55. The van der Waals surface area contributed by atoms with Crippen molar-refractivity contribution in [1.82, 2.24) is 14.6 Å². The number of aliphatic hydroxyl groups excluding tert-OH is 1. The second-order valence-corrected chi connectivity index (χ2v) is 11.0. The van der Waals surface area contributed by atoms with Crippen LogP contribution in [-0.2, 0) is 13.8 Å². The molecule has 31 heavy (non-hydrogen) atoms. The molecule has 1 saturated heterocycles. The number of alkyl halides is 2. The van der Waals surface area contributed by atoms with Gasteiger partial charge in [0.2, 0.25) is 0 Å². The first-order valence-corrected chi connectivity index (χ1v) is 11.9. The molecule has 1 aromatic carbocycles. The predicted octanol–water partition coefficient (Wildman–Crippen LogP) is 2.14. The topological polar surface area (TPSA) is 132 Å². The van der Waals surface area contributed by atoms with Crippen molar-refractivity contribution in [2.45, 2.75) is 35.2 Å². The van der Waals surface area contributed by atoms with Gasteiger partial charge in [0.05, 0.1) is 6.61 Å². The van der Waals surface area contributed by atoms with Crippen molar-refractivity contribution in [3.8, 4) is 5.75 Å². The number of benzene rings is 1. The number of aromatic amines is 1. The maximum absolute atomic E-state index is 13.2. The molecule has 0 amide bonds. The van der Waals surface area contributed by atoms with E-state index in [0.717, 1.165) is 10.6 Å². The van der Waals surface area contributed by atoms with Crippen LogP contribution in [-0.4, -0.2) is 43.3 Å². The maximum atomic E-state index is 13.2. The van der Waals surface area contributed by atoms with Gasteiger partial charge in [-0.2, -0.15) is 0 Å². The van der Waals surface area contributed by atoms with Gasteiger partial charge in [-0.25, -0.2) is 14.4 Å². The highest BCUT2D eigenvalue weighted by molar-refractivity contribution is 9.10. The summed E-state index contributed by atoms with van der Waals surface area (Å²) in [4.78, 5) is 25.5. The van der Waals surface area contributed by atoms with Gasteiger partial charge in [0, 0.05) is 18.3 Å². The molecule has 1 fully saturated rings. The smallest absolute Gasteiger partial charge is 0.413 e. The average Bonchev–Trinajstić information content (AvgIpc) is 2.90. The quantitative estimate of drug-likeness (QED) is 0.345. The van der Waals surface area contributed by atoms with Gasteiger partial charge in [0.25, 0.3) is 5.56 Å². The van der Waals surface area contributed by atoms with Gasteiger partial charge in [0.1, 0.15) is 18.0 Å². The number of aliphatic hydroxyl groups is 1. The number of ether oxygens (including phenoxy) is 1. The lowest BCUT2D eigenvalue weighted by atomic mass is 10.2. The van der Waals surface area contributed by atoms with Crippen LogP contribution in [0.3, 0.4) is 0 Å². The summed E-state index contributed by atoms with van der Waals surface area (Å²) < 4.78 is 29.3. The maximum Gasteiger partial charge on any atom is 0.459 e. The van der Waals surface area contributed by atoms with Crippen LogP contribution < -0.4 is 20.9 Å². The van der Waals surface area contributed by atoms with E-state index in [1.165, 1.54) is 6.20 Å². The Balaban J connectivity index is 1.78. The average molecular weight is 538 g/mol. The van der Waals surface area contributed by atoms with Crippen molar-refractivity contribution in [1.29, 1.82) is 0 Å². The molecule has 169 valence electrons. The Labute approximate surface area is 191 Å². The highest BCUT2D eigenvalue weighted by Crippen LogP contribution is 2.50. The van der Waals surface area contributed by atoms with Crippen LogP contribution >= 0.6 is 35.3 Å². The molecule has 6 atom stereocenters. The minimum atomic E-state index is -3.90. The molecular weight excluding hydrogens is 517 g/mol. The van der Waals surface area contributed by atoms with Gasteiger partial charge in [-0.05, 0) is 26.0 Å². The number of hydrogen-bond donors (Lipinski definition) is 3. The number of nitrogens with one attached hydrogen (secondary N) is 2. The summed E-state index contributed by atoms with van der Waals surface area (Å²) in [5, 5.41) is 13.3. The number of aromatic nitrogens is 2. The van der Waals surface area contributed by atoms with Crippen LogP contribution in [0.1, 0.15) is 13.2 Å². The Morgan fingerprint density at radius 2 is 2.10 bits per heavy atom. The predicted molar refractivity (Wildman–Crippen MR) is 117 cm³/mol. The zero-order chi connectivity index (χ0) is 22.8. The number of hydrogen-bond acceptors (Lipinski definition) is 7. The molecule has 3 N–H and O–H groups in total. The first-order chi connectivity index (χ1) is 14.5. The largest absolute Gasteiger partial charge is 0.459 e. The minimum Gasteiger partial charge on any atom is -0.413 e. The van der Waals surface area contributed by atoms with Crippen molar-refractivity contribution >= 4 is 35.3 Å². The number of para-hydroxylation sites is 1. The molecule has 3 rings (SSSR count).